The Morgan fingerprint density at radius 3 is 2.58 bits per heavy atom. The smallest absolute Gasteiger partial charge is 0.00946 e. The van der Waals surface area contributed by atoms with Crippen molar-refractivity contribution in [3.63, 3.8) is 0 Å². The van der Waals surface area contributed by atoms with Crippen LogP contribution in [0.2, 0.25) is 0 Å². The van der Waals surface area contributed by atoms with Crippen LogP contribution in [0.3, 0.4) is 0 Å². The fourth-order valence-corrected chi connectivity index (χ4v) is 1.69. The Kier molecular flexibility index (Phi) is 2.26. The summed E-state index contributed by atoms with van der Waals surface area (Å²) in [6.07, 6.45) is 18.4. The molecule has 2 aliphatic carbocycles. The van der Waals surface area contributed by atoms with E-state index in [4.69, 9.17) is 0 Å². The molecule has 0 atom stereocenters. The van der Waals surface area contributed by atoms with E-state index in [2.05, 4.69) is 36.5 Å². The first-order chi connectivity index (χ1) is 5.97. The minimum Gasteiger partial charge on any atom is -0.0844 e. The predicted octanol–water partition coefficient (Wildman–Crippen LogP) is 3.54. The van der Waals surface area contributed by atoms with Gasteiger partial charge < -0.3 is 0 Å². The van der Waals surface area contributed by atoms with Crippen molar-refractivity contribution in [2.75, 3.05) is 0 Å². The van der Waals surface area contributed by atoms with E-state index in [1.807, 2.05) is 0 Å². The number of rotatable bonds is 1. The van der Waals surface area contributed by atoms with Crippen LogP contribution in [0, 0.1) is 0 Å². The molecule has 0 saturated heterocycles. The van der Waals surface area contributed by atoms with E-state index < -0.39 is 0 Å². The number of hydrogen-bond donors (Lipinski definition) is 0. The topological polar surface area (TPSA) is 0 Å². The lowest BCUT2D eigenvalue weighted by Gasteiger charge is -2.12. The van der Waals surface area contributed by atoms with Crippen LogP contribution in [0.15, 0.2) is 47.6 Å². The van der Waals surface area contributed by atoms with E-state index in [-0.39, 0.29) is 0 Å². The minimum atomic E-state index is 1.11. The normalized spacial score (nSPS) is 22.0. The molecule has 0 aromatic rings. The van der Waals surface area contributed by atoms with Gasteiger partial charge in [0.2, 0.25) is 0 Å². The van der Waals surface area contributed by atoms with Gasteiger partial charge in [-0.15, -0.1) is 0 Å². The molecule has 0 fully saturated rings. The average Bonchev–Trinajstić information content (AvgIpc) is 2.21. The highest BCUT2D eigenvalue weighted by Crippen LogP contribution is 2.23. The first kappa shape index (κ1) is 7.60. The molecule has 0 saturated carbocycles. The highest BCUT2D eigenvalue weighted by atomic mass is 14.1. The maximum Gasteiger partial charge on any atom is -0.00946 e. The Hall–Kier alpha value is -1.04. The molecule has 0 N–H and O–H groups in total. The summed E-state index contributed by atoms with van der Waals surface area (Å²) < 4.78 is 0. The molecule has 0 aromatic carbocycles. The van der Waals surface area contributed by atoms with E-state index >= 15 is 0 Å². The molecule has 0 amide bonds. The second kappa shape index (κ2) is 3.57. The van der Waals surface area contributed by atoms with Gasteiger partial charge in [0.25, 0.3) is 0 Å². The summed E-state index contributed by atoms with van der Waals surface area (Å²) in [6, 6.07) is 0. The standard InChI is InChI=1S/C12H14/c1-3-7-11(8-4-1)12-9-5-2-6-10-12/h1,3,5,8-10H,2,4,6-7H2. The molecule has 0 heteroatoms. The SMILES string of the molecule is C1=CCC(C2=CCCC=C2)=CC1. The quantitative estimate of drug-likeness (QED) is 0.512. The molecular formula is C12H14. The Morgan fingerprint density at radius 1 is 0.917 bits per heavy atom. The van der Waals surface area contributed by atoms with E-state index in [0.717, 1.165) is 12.8 Å². The lowest BCUT2D eigenvalue weighted by atomic mass is 9.94. The zero-order valence-corrected chi connectivity index (χ0v) is 7.29. The van der Waals surface area contributed by atoms with Crippen molar-refractivity contribution in [1.82, 2.24) is 0 Å². The zero-order chi connectivity index (χ0) is 8.23. The lowest BCUT2D eigenvalue weighted by molar-refractivity contribution is 1.01. The Bertz CT molecular complexity index is 274. The van der Waals surface area contributed by atoms with Crippen molar-refractivity contribution in [1.29, 1.82) is 0 Å². The van der Waals surface area contributed by atoms with E-state index in [0.29, 0.717) is 0 Å². The van der Waals surface area contributed by atoms with Gasteiger partial charge in [-0.3, -0.25) is 0 Å². The molecule has 0 nitrogen and oxygen atoms in total. The van der Waals surface area contributed by atoms with Crippen LogP contribution >= 0.6 is 0 Å². The fourth-order valence-electron chi connectivity index (χ4n) is 1.69. The minimum absolute atomic E-state index is 1.11. The van der Waals surface area contributed by atoms with Gasteiger partial charge >= 0.3 is 0 Å². The molecule has 2 aliphatic rings. The zero-order valence-electron chi connectivity index (χ0n) is 7.29. The van der Waals surface area contributed by atoms with Crippen molar-refractivity contribution >= 4 is 0 Å². The lowest BCUT2D eigenvalue weighted by Crippen LogP contribution is -1.92. The van der Waals surface area contributed by atoms with Crippen LogP contribution in [0.25, 0.3) is 0 Å². The second-order valence-corrected chi connectivity index (χ2v) is 3.28. The van der Waals surface area contributed by atoms with Crippen LogP contribution in [-0.2, 0) is 0 Å². The van der Waals surface area contributed by atoms with Crippen LogP contribution in [0.5, 0.6) is 0 Å². The van der Waals surface area contributed by atoms with Gasteiger partial charge in [-0.25, -0.2) is 0 Å². The van der Waals surface area contributed by atoms with Crippen LogP contribution in [-0.4, -0.2) is 0 Å². The van der Waals surface area contributed by atoms with Gasteiger partial charge in [0.15, 0.2) is 0 Å². The van der Waals surface area contributed by atoms with Gasteiger partial charge in [0.1, 0.15) is 0 Å². The fraction of sp³-hybridized carbons (Fsp3) is 0.333. The Morgan fingerprint density at radius 2 is 1.92 bits per heavy atom. The van der Waals surface area contributed by atoms with E-state index in [9.17, 15) is 0 Å². The molecule has 2 rings (SSSR count). The third kappa shape index (κ3) is 1.58. The summed E-state index contributed by atoms with van der Waals surface area (Å²) in [5.41, 5.74) is 2.96. The molecular weight excluding hydrogens is 144 g/mol. The maximum absolute atomic E-state index is 2.35. The summed E-state index contributed by atoms with van der Waals surface area (Å²) >= 11 is 0. The van der Waals surface area contributed by atoms with Gasteiger partial charge in [0, 0.05) is 0 Å². The first-order valence-electron chi connectivity index (χ1n) is 4.68. The number of allylic oxidation sites excluding steroid dienone is 8. The summed E-state index contributed by atoms with van der Waals surface area (Å²) in [5.74, 6) is 0. The van der Waals surface area contributed by atoms with Crippen molar-refractivity contribution < 1.29 is 0 Å². The second-order valence-electron chi connectivity index (χ2n) is 3.28. The average molecular weight is 158 g/mol. The molecule has 0 heterocycles. The van der Waals surface area contributed by atoms with Crippen molar-refractivity contribution in [2.45, 2.75) is 25.7 Å². The Balaban J connectivity index is 2.13. The van der Waals surface area contributed by atoms with Crippen LogP contribution in [0.4, 0.5) is 0 Å². The maximum atomic E-state index is 2.35. The molecule has 62 valence electrons. The largest absolute Gasteiger partial charge is 0.0844 e. The molecule has 0 spiro atoms. The summed E-state index contributed by atoms with van der Waals surface area (Å²) in [7, 11) is 0. The molecule has 0 bridgehead atoms. The number of hydrogen-bond acceptors (Lipinski definition) is 0. The van der Waals surface area contributed by atoms with Gasteiger partial charge in [0.05, 0.1) is 0 Å². The van der Waals surface area contributed by atoms with Gasteiger partial charge in [-0.05, 0) is 36.8 Å². The third-order valence-corrected chi connectivity index (χ3v) is 2.37. The van der Waals surface area contributed by atoms with E-state index in [1.165, 1.54) is 24.0 Å². The summed E-state index contributed by atoms with van der Waals surface area (Å²) in [4.78, 5) is 0. The van der Waals surface area contributed by atoms with Gasteiger partial charge in [-0.1, -0.05) is 36.5 Å². The summed E-state index contributed by atoms with van der Waals surface area (Å²) in [6.45, 7) is 0. The molecule has 12 heavy (non-hydrogen) atoms. The van der Waals surface area contributed by atoms with Gasteiger partial charge in [-0.2, -0.15) is 0 Å². The highest BCUT2D eigenvalue weighted by molar-refractivity contribution is 5.43. The third-order valence-electron chi connectivity index (χ3n) is 2.37. The molecule has 0 unspecified atom stereocenters. The summed E-state index contributed by atoms with van der Waals surface area (Å²) in [5, 5.41) is 0. The predicted molar refractivity (Wildman–Crippen MR) is 52.9 cm³/mol. The van der Waals surface area contributed by atoms with Crippen LogP contribution in [0.1, 0.15) is 25.7 Å². The van der Waals surface area contributed by atoms with Crippen molar-refractivity contribution in [2.24, 2.45) is 0 Å². The highest BCUT2D eigenvalue weighted by Gasteiger charge is 2.04. The Labute approximate surface area is 74.0 Å². The van der Waals surface area contributed by atoms with E-state index in [1.54, 1.807) is 0 Å². The first-order valence-corrected chi connectivity index (χ1v) is 4.68. The molecule has 0 aliphatic heterocycles. The molecule has 0 aromatic heterocycles. The monoisotopic (exact) mass is 158 g/mol. The van der Waals surface area contributed by atoms with Crippen molar-refractivity contribution in [3.05, 3.63) is 47.6 Å². The van der Waals surface area contributed by atoms with Crippen molar-refractivity contribution in [3.8, 4) is 0 Å². The molecule has 0 radical (unpaired) electrons. The van der Waals surface area contributed by atoms with Crippen LogP contribution < -0.4 is 0 Å².